The van der Waals surface area contributed by atoms with E-state index in [1.165, 1.54) is 0 Å². The summed E-state index contributed by atoms with van der Waals surface area (Å²) in [5.74, 6) is -0.224. The van der Waals surface area contributed by atoms with Gasteiger partial charge in [-0.3, -0.25) is 9.59 Å². The highest BCUT2D eigenvalue weighted by Crippen LogP contribution is 2.36. The molecule has 0 atom stereocenters. The Labute approximate surface area is 99.4 Å². The van der Waals surface area contributed by atoms with E-state index in [9.17, 15) is 9.59 Å². The van der Waals surface area contributed by atoms with Crippen LogP contribution in [0, 0.1) is 6.92 Å². The van der Waals surface area contributed by atoms with Crippen LogP contribution in [0.25, 0.3) is 0 Å². The summed E-state index contributed by atoms with van der Waals surface area (Å²) in [4.78, 5) is 24.3. The predicted octanol–water partition coefficient (Wildman–Crippen LogP) is 1.60. The third kappa shape index (κ3) is 1.37. The van der Waals surface area contributed by atoms with Crippen molar-refractivity contribution in [2.75, 3.05) is 5.32 Å². The maximum absolute atomic E-state index is 12.2. The molecule has 1 fully saturated rings. The van der Waals surface area contributed by atoms with E-state index < -0.39 is 5.54 Å². The van der Waals surface area contributed by atoms with Crippen LogP contribution in [0.1, 0.15) is 35.2 Å². The van der Waals surface area contributed by atoms with E-state index in [0.717, 1.165) is 24.8 Å². The third-order valence-electron chi connectivity index (χ3n) is 3.74. The van der Waals surface area contributed by atoms with Gasteiger partial charge < -0.3 is 10.6 Å². The highest BCUT2D eigenvalue weighted by Gasteiger charge is 2.47. The minimum absolute atomic E-state index is 0.0820. The first-order chi connectivity index (χ1) is 8.12. The van der Waals surface area contributed by atoms with Gasteiger partial charge in [0.2, 0.25) is 5.91 Å². The molecule has 0 unspecified atom stereocenters. The standard InChI is InChI=1S/C13H14N2O2/c1-8-4-2-5-9-10(8)11(16)15-13(6-3-7-13)12(17)14-9/h2,4-5H,3,6-7H2,1H3,(H,14,17)(H,15,16). The van der Waals surface area contributed by atoms with Crippen LogP contribution >= 0.6 is 0 Å². The van der Waals surface area contributed by atoms with E-state index >= 15 is 0 Å². The molecule has 1 aliphatic carbocycles. The second-order valence-corrected chi connectivity index (χ2v) is 4.84. The van der Waals surface area contributed by atoms with Crippen molar-refractivity contribution in [3.05, 3.63) is 29.3 Å². The molecule has 2 N–H and O–H groups in total. The third-order valence-corrected chi connectivity index (χ3v) is 3.74. The Morgan fingerprint density at radius 2 is 2.00 bits per heavy atom. The molecule has 4 nitrogen and oxygen atoms in total. The molecule has 0 saturated heterocycles. The summed E-state index contributed by atoms with van der Waals surface area (Å²) in [6.45, 7) is 1.88. The van der Waals surface area contributed by atoms with Crippen LogP contribution < -0.4 is 10.6 Å². The fraction of sp³-hybridized carbons (Fsp3) is 0.385. The zero-order valence-electron chi connectivity index (χ0n) is 9.67. The minimum Gasteiger partial charge on any atom is -0.338 e. The normalized spacial score (nSPS) is 21.0. The summed E-state index contributed by atoms with van der Waals surface area (Å²) >= 11 is 0. The molecule has 2 aliphatic rings. The van der Waals surface area contributed by atoms with Crippen LogP contribution in [0.4, 0.5) is 5.69 Å². The topological polar surface area (TPSA) is 58.2 Å². The first-order valence-corrected chi connectivity index (χ1v) is 5.86. The van der Waals surface area contributed by atoms with Gasteiger partial charge in [0.15, 0.2) is 0 Å². The largest absolute Gasteiger partial charge is 0.338 e. The Bertz CT molecular complexity index is 518. The zero-order chi connectivity index (χ0) is 12.0. The summed E-state index contributed by atoms with van der Waals surface area (Å²) in [6.07, 6.45) is 2.46. The fourth-order valence-corrected chi connectivity index (χ4v) is 2.53. The van der Waals surface area contributed by atoms with Crippen molar-refractivity contribution >= 4 is 17.5 Å². The fourth-order valence-electron chi connectivity index (χ4n) is 2.53. The summed E-state index contributed by atoms with van der Waals surface area (Å²) in [5, 5.41) is 5.75. The van der Waals surface area contributed by atoms with Crippen molar-refractivity contribution in [3.63, 3.8) is 0 Å². The molecular formula is C13H14N2O2. The lowest BCUT2D eigenvalue weighted by atomic mass is 9.76. The van der Waals surface area contributed by atoms with E-state index in [-0.39, 0.29) is 11.8 Å². The first-order valence-electron chi connectivity index (χ1n) is 5.86. The van der Waals surface area contributed by atoms with Gasteiger partial charge in [-0.2, -0.15) is 0 Å². The molecule has 0 aromatic heterocycles. The SMILES string of the molecule is Cc1cccc2c1C(=O)NC1(CCC1)C(=O)N2. The number of hydrogen-bond donors (Lipinski definition) is 2. The molecule has 0 radical (unpaired) electrons. The zero-order valence-corrected chi connectivity index (χ0v) is 9.67. The summed E-state index contributed by atoms with van der Waals surface area (Å²) in [6, 6.07) is 5.50. The molecular weight excluding hydrogens is 216 g/mol. The van der Waals surface area contributed by atoms with Crippen LogP contribution in [0.3, 0.4) is 0 Å². The molecule has 3 rings (SSSR count). The number of hydrogen-bond acceptors (Lipinski definition) is 2. The molecule has 1 aromatic rings. The van der Waals surface area contributed by atoms with Crippen molar-refractivity contribution in [2.45, 2.75) is 31.7 Å². The minimum atomic E-state index is -0.664. The van der Waals surface area contributed by atoms with Gasteiger partial charge >= 0.3 is 0 Å². The van der Waals surface area contributed by atoms with E-state index in [1.54, 1.807) is 6.07 Å². The molecule has 1 aromatic carbocycles. The van der Waals surface area contributed by atoms with Gasteiger partial charge in [0.1, 0.15) is 5.54 Å². The predicted molar refractivity (Wildman–Crippen MR) is 63.9 cm³/mol. The van der Waals surface area contributed by atoms with Gasteiger partial charge in [0.25, 0.3) is 5.91 Å². The van der Waals surface area contributed by atoms with Crippen LogP contribution in [0.15, 0.2) is 18.2 Å². The first kappa shape index (κ1) is 10.3. The average Bonchev–Trinajstić information content (AvgIpc) is 2.33. The second-order valence-electron chi connectivity index (χ2n) is 4.84. The molecule has 4 heteroatoms. The average molecular weight is 230 g/mol. The van der Waals surface area contributed by atoms with Gasteiger partial charge in [-0.1, -0.05) is 12.1 Å². The van der Waals surface area contributed by atoms with Gasteiger partial charge in [-0.05, 0) is 37.8 Å². The molecule has 0 bridgehead atoms. The van der Waals surface area contributed by atoms with Crippen molar-refractivity contribution in [1.29, 1.82) is 0 Å². The smallest absolute Gasteiger partial charge is 0.254 e. The molecule has 88 valence electrons. The van der Waals surface area contributed by atoms with Crippen LogP contribution in [0.2, 0.25) is 0 Å². The number of carbonyl (C=O) groups excluding carboxylic acids is 2. The maximum atomic E-state index is 12.2. The van der Waals surface area contributed by atoms with E-state index in [0.29, 0.717) is 11.3 Å². The van der Waals surface area contributed by atoms with Crippen LogP contribution in [-0.2, 0) is 4.79 Å². The number of benzene rings is 1. The number of anilines is 1. The summed E-state index contributed by atoms with van der Waals surface area (Å²) in [7, 11) is 0. The van der Waals surface area contributed by atoms with E-state index in [4.69, 9.17) is 0 Å². The maximum Gasteiger partial charge on any atom is 0.254 e. The molecule has 17 heavy (non-hydrogen) atoms. The van der Waals surface area contributed by atoms with Gasteiger partial charge in [-0.15, -0.1) is 0 Å². The number of fused-ring (bicyclic) bond motifs is 1. The second kappa shape index (κ2) is 3.32. The van der Waals surface area contributed by atoms with Crippen LogP contribution in [0.5, 0.6) is 0 Å². The molecule has 1 aliphatic heterocycles. The van der Waals surface area contributed by atoms with Crippen molar-refractivity contribution in [1.82, 2.24) is 5.32 Å². The quantitative estimate of drug-likeness (QED) is 0.711. The lowest BCUT2D eigenvalue weighted by Gasteiger charge is -2.39. The van der Waals surface area contributed by atoms with Crippen molar-refractivity contribution in [2.24, 2.45) is 0 Å². The highest BCUT2D eigenvalue weighted by atomic mass is 16.2. The van der Waals surface area contributed by atoms with Crippen molar-refractivity contribution in [3.8, 4) is 0 Å². The molecule has 1 saturated carbocycles. The Hall–Kier alpha value is -1.84. The Morgan fingerprint density at radius 1 is 1.24 bits per heavy atom. The van der Waals surface area contributed by atoms with Crippen molar-refractivity contribution < 1.29 is 9.59 Å². The lowest BCUT2D eigenvalue weighted by Crippen LogP contribution is -2.59. The van der Waals surface area contributed by atoms with Gasteiger partial charge in [-0.25, -0.2) is 0 Å². The molecule has 2 amide bonds. The molecule has 1 heterocycles. The lowest BCUT2D eigenvalue weighted by molar-refractivity contribution is -0.125. The van der Waals surface area contributed by atoms with Gasteiger partial charge in [0, 0.05) is 0 Å². The Morgan fingerprint density at radius 3 is 2.65 bits per heavy atom. The number of rotatable bonds is 0. The summed E-state index contributed by atoms with van der Waals surface area (Å²) in [5.41, 5.74) is 1.43. The van der Waals surface area contributed by atoms with Gasteiger partial charge in [0.05, 0.1) is 11.3 Å². The van der Waals surface area contributed by atoms with E-state index in [1.807, 2.05) is 19.1 Å². The van der Waals surface area contributed by atoms with E-state index in [2.05, 4.69) is 10.6 Å². The monoisotopic (exact) mass is 230 g/mol. The molecule has 1 spiro atoms. The number of carbonyl (C=O) groups is 2. The van der Waals surface area contributed by atoms with Crippen LogP contribution in [-0.4, -0.2) is 17.4 Å². The Balaban J connectivity index is 2.10. The Kier molecular flexibility index (Phi) is 2.02. The summed E-state index contributed by atoms with van der Waals surface area (Å²) < 4.78 is 0. The highest BCUT2D eigenvalue weighted by molar-refractivity contribution is 6.12. The number of amides is 2. The number of nitrogens with one attached hydrogen (secondary N) is 2. The number of aryl methyl sites for hydroxylation is 1.